The number of benzene rings is 1. The van der Waals surface area contributed by atoms with E-state index in [1.807, 2.05) is 49.9 Å². The molecule has 3 N–H and O–H groups in total. The lowest BCUT2D eigenvalue weighted by Crippen LogP contribution is -2.49. The molecule has 0 saturated heterocycles. The molecule has 2 atom stereocenters. The third-order valence-electron chi connectivity index (χ3n) is 5.99. The van der Waals surface area contributed by atoms with Crippen LogP contribution in [0.1, 0.15) is 36.0 Å². The van der Waals surface area contributed by atoms with Crippen molar-refractivity contribution in [2.24, 2.45) is 12.8 Å². The topological polar surface area (TPSA) is 103 Å². The molecule has 1 aliphatic rings. The first-order valence-electron chi connectivity index (χ1n) is 10.6. The van der Waals surface area contributed by atoms with Crippen molar-refractivity contribution < 1.29 is 4.79 Å². The van der Waals surface area contributed by atoms with Gasteiger partial charge in [-0.05, 0) is 30.5 Å². The molecule has 4 aromatic rings. The van der Waals surface area contributed by atoms with E-state index in [1.165, 1.54) is 0 Å². The quantitative estimate of drug-likeness (QED) is 0.533. The summed E-state index contributed by atoms with van der Waals surface area (Å²) in [4.78, 5) is 17.3. The highest BCUT2D eigenvalue weighted by Gasteiger charge is 2.23. The number of fused-ring (bicyclic) bond motifs is 1. The van der Waals surface area contributed by atoms with Gasteiger partial charge in [-0.25, -0.2) is 9.50 Å². The number of carbonyl (C=O) groups excluding carboxylic acids is 1. The van der Waals surface area contributed by atoms with Gasteiger partial charge in [0.25, 0.3) is 5.91 Å². The summed E-state index contributed by atoms with van der Waals surface area (Å²) in [6.07, 6.45) is 13.5. The minimum absolute atomic E-state index is 0.0402. The van der Waals surface area contributed by atoms with Gasteiger partial charge in [-0.15, -0.1) is 0 Å². The van der Waals surface area contributed by atoms with E-state index in [2.05, 4.69) is 20.5 Å². The van der Waals surface area contributed by atoms with Gasteiger partial charge in [0.15, 0.2) is 5.65 Å². The Morgan fingerprint density at radius 2 is 1.77 bits per heavy atom. The van der Waals surface area contributed by atoms with Crippen LogP contribution in [0.3, 0.4) is 0 Å². The SMILES string of the molecule is Cn1cc(-c2cnc3c(-c4ccc(C(=O)N[C@@H]5CCCC[C@@H]5N)cc4)cnn3c2)cn1. The van der Waals surface area contributed by atoms with E-state index in [9.17, 15) is 4.79 Å². The average Bonchev–Trinajstić information content (AvgIpc) is 3.41. The molecule has 1 amide bonds. The fraction of sp³-hybridized carbons (Fsp3) is 0.304. The molecule has 0 spiro atoms. The Kier molecular flexibility index (Phi) is 4.99. The van der Waals surface area contributed by atoms with Gasteiger partial charge in [0.05, 0.1) is 12.4 Å². The van der Waals surface area contributed by atoms with Gasteiger partial charge in [0, 0.05) is 60.0 Å². The molecule has 0 aliphatic heterocycles. The van der Waals surface area contributed by atoms with Gasteiger partial charge in [-0.1, -0.05) is 25.0 Å². The van der Waals surface area contributed by atoms with Crippen molar-refractivity contribution in [2.75, 3.05) is 0 Å². The van der Waals surface area contributed by atoms with Gasteiger partial charge >= 0.3 is 0 Å². The predicted octanol–water partition coefficient (Wildman–Crippen LogP) is 2.80. The first-order chi connectivity index (χ1) is 15.1. The highest BCUT2D eigenvalue weighted by molar-refractivity contribution is 5.95. The molecule has 1 aromatic carbocycles. The summed E-state index contributed by atoms with van der Waals surface area (Å²) in [6, 6.07) is 7.64. The monoisotopic (exact) mass is 415 g/mol. The Hall–Kier alpha value is -3.52. The van der Waals surface area contributed by atoms with Crippen LogP contribution in [0.2, 0.25) is 0 Å². The Morgan fingerprint density at radius 1 is 1.00 bits per heavy atom. The van der Waals surface area contributed by atoms with Crippen molar-refractivity contribution in [3.8, 4) is 22.3 Å². The van der Waals surface area contributed by atoms with E-state index in [-0.39, 0.29) is 18.0 Å². The van der Waals surface area contributed by atoms with Gasteiger partial charge in [-0.2, -0.15) is 10.2 Å². The third-order valence-corrected chi connectivity index (χ3v) is 5.99. The third kappa shape index (κ3) is 3.82. The number of hydrogen-bond donors (Lipinski definition) is 2. The molecule has 3 heterocycles. The van der Waals surface area contributed by atoms with Gasteiger partial charge in [-0.3, -0.25) is 9.48 Å². The van der Waals surface area contributed by atoms with Crippen LogP contribution in [0.5, 0.6) is 0 Å². The van der Waals surface area contributed by atoms with Crippen molar-refractivity contribution in [1.82, 2.24) is 29.7 Å². The minimum Gasteiger partial charge on any atom is -0.348 e. The first-order valence-corrected chi connectivity index (χ1v) is 10.6. The van der Waals surface area contributed by atoms with Crippen LogP contribution >= 0.6 is 0 Å². The van der Waals surface area contributed by atoms with Crippen LogP contribution in [0, 0.1) is 0 Å². The minimum atomic E-state index is -0.0759. The second kappa shape index (κ2) is 7.96. The Labute approximate surface area is 180 Å². The number of aryl methyl sites for hydroxylation is 1. The summed E-state index contributed by atoms with van der Waals surface area (Å²) in [5.74, 6) is -0.0759. The largest absolute Gasteiger partial charge is 0.348 e. The molecule has 1 saturated carbocycles. The van der Waals surface area contributed by atoms with E-state index in [0.29, 0.717) is 5.56 Å². The lowest BCUT2D eigenvalue weighted by molar-refractivity contribution is 0.0921. The zero-order chi connectivity index (χ0) is 21.4. The fourth-order valence-corrected chi connectivity index (χ4v) is 4.19. The molecular formula is C23H25N7O. The number of hydrogen-bond acceptors (Lipinski definition) is 5. The Balaban J connectivity index is 1.36. The van der Waals surface area contributed by atoms with Crippen LogP contribution in [0.25, 0.3) is 27.9 Å². The highest BCUT2D eigenvalue weighted by Crippen LogP contribution is 2.26. The molecule has 1 fully saturated rings. The van der Waals surface area contributed by atoms with E-state index in [1.54, 1.807) is 21.6 Å². The van der Waals surface area contributed by atoms with Gasteiger partial charge in [0.2, 0.25) is 0 Å². The summed E-state index contributed by atoms with van der Waals surface area (Å²) >= 11 is 0. The predicted molar refractivity (Wildman–Crippen MR) is 118 cm³/mol. The highest BCUT2D eigenvalue weighted by atomic mass is 16.1. The lowest BCUT2D eigenvalue weighted by atomic mass is 9.91. The standard InChI is InChI=1S/C23H25N7O/c1-29-13-18(11-26-29)17-10-25-22-19(12-27-30(22)14-17)15-6-8-16(9-7-15)23(31)28-21-5-3-2-4-20(21)24/h6-14,20-21H,2-5,24H2,1H3,(H,28,31)/t20-,21+/m0/s1. The second-order valence-corrected chi connectivity index (χ2v) is 8.18. The smallest absolute Gasteiger partial charge is 0.251 e. The number of rotatable bonds is 4. The van der Waals surface area contributed by atoms with E-state index < -0.39 is 0 Å². The van der Waals surface area contributed by atoms with E-state index in [0.717, 1.165) is 53.6 Å². The molecule has 31 heavy (non-hydrogen) atoms. The summed E-state index contributed by atoms with van der Waals surface area (Å²) < 4.78 is 3.52. The summed E-state index contributed by atoms with van der Waals surface area (Å²) in [7, 11) is 1.88. The van der Waals surface area contributed by atoms with Crippen LogP contribution in [-0.4, -0.2) is 42.4 Å². The molecule has 8 nitrogen and oxygen atoms in total. The zero-order valence-electron chi connectivity index (χ0n) is 17.4. The second-order valence-electron chi connectivity index (χ2n) is 8.18. The number of aromatic nitrogens is 5. The Bertz CT molecular complexity index is 1220. The van der Waals surface area contributed by atoms with Crippen LogP contribution in [0.4, 0.5) is 0 Å². The maximum absolute atomic E-state index is 12.6. The molecule has 0 unspecified atom stereocenters. The molecule has 3 aromatic heterocycles. The van der Waals surface area contributed by atoms with Crippen molar-refractivity contribution >= 4 is 11.6 Å². The molecule has 0 bridgehead atoms. The number of nitrogens with one attached hydrogen (secondary N) is 1. The van der Waals surface area contributed by atoms with Gasteiger partial charge < -0.3 is 11.1 Å². The van der Waals surface area contributed by atoms with E-state index >= 15 is 0 Å². The van der Waals surface area contributed by atoms with Crippen molar-refractivity contribution in [3.05, 3.63) is 60.8 Å². The normalized spacial score (nSPS) is 18.9. The van der Waals surface area contributed by atoms with Crippen molar-refractivity contribution in [2.45, 2.75) is 37.8 Å². The molecule has 1 aliphatic carbocycles. The zero-order valence-corrected chi connectivity index (χ0v) is 17.4. The lowest BCUT2D eigenvalue weighted by Gasteiger charge is -2.29. The molecule has 158 valence electrons. The maximum atomic E-state index is 12.6. The Morgan fingerprint density at radius 3 is 2.52 bits per heavy atom. The number of nitrogens with zero attached hydrogens (tertiary/aromatic N) is 5. The average molecular weight is 416 g/mol. The fourth-order valence-electron chi connectivity index (χ4n) is 4.19. The van der Waals surface area contributed by atoms with Crippen LogP contribution in [0.15, 0.2) is 55.2 Å². The van der Waals surface area contributed by atoms with Crippen molar-refractivity contribution in [3.63, 3.8) is 0 Å². The molecule has 0 radical (unpaired) electrons. The summed E-state index contributed by atoms with van der Waals surface area (Å²) in [5.41, 5.74) is 11.4. The summed E-state index contributed by atoms with van der Waals surface area (Å²) in [6.45, 7) is 0. The molecule has 8 heteroatoms. The van der Waals surface area contributed by atoms with E-state index in [4.69, 9.17) is 5.73 Å². The molecule has 5 rings (SSSR count). The number of nitrogens with two attached hydrogens (primary N) is 1. The molecular weight excluding hydrogens is 390 g/mol. The first kappa shape index (κ1) is 19.4. The summed E-state index contributed by atoms with van der Waals surface area (Å²) in [5, 5.41) is 11.8. The van der Waals surface area contributed by atoms with Crippen LogP contribution in [-0.2, 0) is 7.05 Å². The number of amides is 1. The number of carbonyl (C=O) groups is 1. The van der Waals surface area contributed by atoms with Gasteiger partial charge in [0.1, 0.15) is 0 Å². The maximum Gasteiger partial charge on any atom is 0.251 e. The van der Waals surface area contributed by atoms with Crippen molar-refractivity contribution in [1.29, 1.82) is 0 Å². The van der Waals surface area contributed by atoms with Crippen LogP contribution < -0.4 is 11.1 Å².